The van der Waals surface area contributed by atoms with Gasteiger partial charge in [0, 0.05) is 31.4 Å². The average molecular weight is 223 g/mol. The van der Waals surface area contributed by atoms with Crippen molar-refractivity contribution in [3.8, 4) is 0 Å². The monoisotopic (exact) mass is 223 g/mol. The number of rotatable bonds is 4. The number of imidazole rings is 1. The van der Waals surface area contributed by atoms with Gasteiger partial charge in [0.05, 0.1) is 18.6 Å². The van der Waals surface area contributed by atoms with Crippen molar-refractivity contribution in [2.45, 2.75) is 45.3 Å². The van der Waals surface area contributed by atoms with Crippen LogP contribution in [0.1, 0.15) is 32.4 Å². The van der Waals surface area contributed by atoms with Gasteiger partial charge in [-0.3, -0.25) is 0 Å². The Kier molecular flexibility index (Phi) is 3.61. The molecule has 0 saturated carbocycles. The maximum absolute atomic E-state index is 5.53. The molecule has 0 bridgehead atoms. The molecule has 1 aliphatic rings. The molecule has 2 rings (SSSR count). The van der Waals surface area contributed by atoms with E-state index in [1.165, 1.54) is 12.1 Å². The molecule has 1 N–H and O–H groups in total. The molecule has 0 spiro atoms. The highest BCUT2D eigenvalue weighted by molar-refractivity contribution is 4.99. The lowest BCUT2D eigenvalue weighted by Gasteiger charge is -2.34. The number of hydrogen-bond donors (Lipinski definition) is 1. The van der Waals surface area contributed by atoms with E-state index in [2.05, 4.69) is 28.7 Å². The van der Waals surface area contributed by atoms with Crippen LogP contribution < -0.4 is 5.32 Å². The molecule has 0 amide bonds. The van der Waals surface area contributed by atoms with Crippen LogP contribution in [-0.4, -0.2) is 28.3 Å². The molecule has 0 radical (unpaired) electrons. The molecular formula is C12H21N3O. The summed E-state index contributed by atoms with van der Waals surface area (Å²) < 4.78 is 7.69. The van der Waals surface area contributed by atoms with Gasteiger partial charge in [0.15, 0.2) is 0 Å². The first-order chi connectivity index (χ1) is 7.73. The molecule has 90 valence electrons. The molecule has 2 heterocycles. The molecule has 1 atom stereocenters. The topological polar surface area (TPSA) is 39.1 Å². The average Bonchev–Trinajstić information content (AvgIpc) is 2.75. The van der Waals surface area contributed by atoms with Crippen LogP contribution in [0.15, 0.2) is 12.5 Å². The minimum absolute atomic E-state index is 0.126. The Morgan fingerprint density at radius 2 is 2.50 bits per heavy atom. The largest absolute Gasteiger partial charge is 0.380 e. The van der Waals surface area contributed by atoms with Crippen molar-refractivity contribution in [3.05, 3.63) is 18.2 Å². The van der Waals surface area contributed by atoms with Crippen LogP contribution in [0.5, 0.6) is 0 Å². The predicted molar refractivity (Wildman–Crippen MR) is 63.2 cm³/mol. The number of aromatic nitrogens is 2. The summed E-state index contributed by atoms with van der Waals surface area (Å²) in [5.74, 6) is 0. The first-order valence-electron chi connectivity index (χ1n) is 6.05. The van der Waals surface area contributed by atoms with Gasteiger partial charge in [0.1, 0.15) is 0 Å². The molecule has 1 aromatic heterocycles. The Labute approximate surface area is 97.0 Å². The molecule has 0 aromatic carbocycles. The van der Waals surface area contributed by atoms with Crippen molar-refractivity contribution < 1.29 is 4.74 Å². The van der Waals surface area contributed by atoms with Crippen LogP contribution >= 0.6 is 0 Å². The van der Waals surface area contributed by atoms with Crippen molar-refractivity contribution in [2.75, 3.05) is 13.2 Å². The zero-order chi connectivity index (χ0) is 11.4. The SMILES string of the molecule is CCn1cncc1CNC1(C)CCCOC1. The molecule has 1 aromatic rings. The molecule has 1 aliphatic heterocycles. The molecule has 16 heavy (non-hydrogen) atoms. The summed E-state index contributed by atoms with van der Waals surface area (Å²) in [4.78, 5) is 4.17. The van der Waals surface area contributed by atoms with Crippen molar-refractivity contribution in [1.29, 1.82) is 0 Å². The Hall–Kier alpha value is -0.870. The number of aryl methyl sites for hydroxylation is 1. The fourth-order valence-electron chi connectivity index (χ4n) is 2.16. The van der Waals surface area contributed by atoms with E-state index in [9.17, 15) is 0 Å². The molecule has 1 unspecified atom stereocenters. The second-order valence-corrected chi connectivity index (χ2v) is 4.74. The van der Waals surface area contributed by atoms with Gasteiger partial charge in [-0.15, -0.1) is 0 Å². The van der Waals surface area contributed by atoms with E-state index in [1.807, 2.05) is 12.5 Å². The second kappa shape index (κ2) is 4.97. The molecule has 4 heteroatoms. The van der Waals surface area contributed by atoms with E-state index < -0.39 is 0 Å². The quantitative estimate of drug-likeness (QED) is 0.842. The van der Waals surface area contributed by atoms with E-state index in [0.29, 0.717) is 0 Å². The summed E-state index contributed by atoms with van der Waals surface area (Å²) in [6, 6.07) is 0. The predicted octanol–water partition coefficient (Wildman–Crippen LogP) is 1.56. The third-order valence-electron chi connectivity index (χ3n) is 3.27. The lowest BCUT2D eigenvalue weighted by atomic mass is 9.95. The molecule has 1 fully saturated rings. The zero-order valence-corrected chi connectivity index (χ0v) is 10.2. The summed E-state index contributed by atoms with van der Waals surface area (Å²) in [5, 5.41) is 3.59. The van der Waals surface area contributed by atoms with Crippen LogP contribution in [0.4, 0.5) is 0 Å². The van der Waals surface area contributed by atoms with E-state index in [-0.39, 0.29) is 5.54 Å². The summed E-state index contributed by atoms with van der Waals surface area (Å²) in [6.07, 6.45) is 6.16. The molecular weight excluding hydrogens is 202 g/mol. The summed E-state index contributed by atoms with van der Waals surface area (Å²) in [5.41, 5.74) is 1.37. The van der Waals surface area contributed by atoms with E-state index >= 15 is 0 Å². The van der Waals surface area contributed by atoms with Gasteiger partial charge in [-0.05, 0) is 26.7 Å². The van der Waals surface area contributed by atoms with Crippen LogP contribution in [0.25, 0.3) is 0 Å². The van der Waals surface area contributed by atoms with Crippen molar-refractivity contribution in [3.63, 3.8) is 0 Å². The Bertz CT molecular complexity index is 329. The third-order valence-corrected chi connectivity index (χ3v) is 3.27. The van der Waals surface area contributed by atoms with E-state index in [4.69, 9.17) is 4.74 Å². The van der Waals surface area contributed by atoms with Gasteiger partial charge in [0.2, 0.25) is 0 Å². The van der Waals surface area contributed by atoms with Gasteiger partial charge in [-0.2, -0.15) is 0 Å². The lowest BCUT2D eigenvalue weighted by molar-refractivity contribution is 0.0275. The van der Waals surface area contributed by atoms with Crippen LogP contribution in [0, 0.1) is 0 Å². The fourth-order valence-corrected chi connectivity index (χ4v) is 2.16. The third kappa shape index (κ3) is 2.62. The van der Waals surface area contributed by atoms with Gasteiger partial charge in [0.25, 0.3) is 0 Å². The highest BCUT2D eigenvalue weighted by Crippen LogP contribution is 2.18. The molecule has 0 aliphatic carbocycles. The first-order valence-corrected chi connectivity index (χ1v) is 6.05. The number of nitrogens with zero attached hydrogens (tertiary/aromatic N) is 2. The number of nitrogens with one attached hydrogen (secondary N) is 1. The van der Waals surface area contributed by atoms with Crippen LogP contribution in [0.3, 0.4) is 0 Å². The summed E-state index contributed by atoms with van der Waals surface area (Å²) >= 11 is 0. The van der Waals surface area contributed by atoms with Gasteiger partial charge in [-0.1, -0.05) is 0 Å². The fraction of sp³-hybridized carbons (Fsp3) is 0.750. The number of hydrogen-bond acceptors (Lipinski definition) is 3. The Balaban J connectivity index is 1.91. The highest BCUT2D eigenvalue weighted by atomic mass is 16.5. The maximum atomic E-state index is 5.53. The summed E-state index contributed by atoms with van der Waals surface area (Å²) in [7, 11) is 0. The number of ether oxygens (including phenoxy) is 1. The minimum atomic E-state index is 0.126. The maximum Gasteiger partial charge on any atom is 0.0948 e. The lowest BCUT2D eigenvalue weighted by Crippen LogP contribution is -2.48. The normalized spacial score (nSPS) is 25.9. The zero-order valence-electron chi connectivity index (χ0n) is 10.2. The molecule has 4 nitrogen and oxygen atoms in total. The van der Waals surface area contributed by atoms with Gasteiger partial charge >= 0.3 is 0 Å². The standard InChI is InChI=1S/C12H21N3O/c1-3-15-10-13-7-11(15)8-14-12(2)5-4-6-16-9-12/h7,10,14H,3-6,8-9H2,1-2H3. The van der Waals surface area contributed by atoms with Crippen LogP contribution in [0.2, 0.25) is 0 Å². The van der Waals surface area contributed by atoms with Crippen LogP contribution in [-0.2, 0) is 17.8 Å². The minimum Gasteiger partial charge on any atom is -0.380 e. The smallest absolute Gasteiger partial charge is 0.0948 e. The summed E-state index contributed by atoms with van der Waals surface area (Å²) in [6.45, 7) is 7.94. The highest BCUT2D eigenvalue weighted by Gasteiger charge is 2.26. The van der Waals surface area contributed by atoms with Gasteiger partial charge in [-0.25, -0.2) is 4.98 Å². The second-order valence-electron chi connectivity index (χ2n) is 4.74. The van der Waals surface area contributed by atoms with Crippen molar-refractivity contribution in [2.24, 2.45) is 0 Å². The molecule has 1 saturated heterocycles. The van der Waals surface area contributed by atoms with Gasteiger partial charge < -0.3 is 14.6 Å². The van der Waals surface area contributed by atoms with Crippen molar-refractivity contribution >= 4 is 0 Å². The Morgan fingerprint density at radius 1 is 1.62 bits per heavy atom. The van der Waals surface area contributed by atoms with E-state index in [1.54, 1.807) is 0 Å². The van der Waals surface area contributed by atoms with Crippen molar-refractivity contribution in [1.82, 2.24) is 14.9 Å². The van der Waals surface area contributed by atoms with E-state index in [0.717, 1.165) is 32.7 Å². The Morgan fingerprint density at radius 3 is 3.19 bits per heavy atom. The first kappa shape index (κ1) is 11.6.